The Morgan fingerprint density at radius 3 is 2.08 bits per heavy atom. The van der Waals surface area contributed by atoms with E-state index in [1.54, 1.807) is 0 Å². The molecule has 1 atom stereocenters. The van der Waals surface area contributed by atoms with E-state index in [2.05, 4.69) is 200 Å². The number of benzene rings is 9. The van der Waals surface area contributed by atoms with Gasteiger partial charge in [-0.05, 0) is 115 Å². The standard InChI is InChI=1S/C57H37BN2O/c1-56(2)43-23-14-24-45-53(43)59(47-30-34-18-8-7-17-33(34)29-44(47)56)54-51-40(31-41-37-20-10-12-26-48(37)61-55(41)54)39-28-27-35(32-15-5-4-6-16-32)50-52(39)60(58(45)51)46-25-13-21-38-36-19-9-11-22-42(36)57(50,3)49(38)46/h4-31H,1-3H3. The van der Waals surface area contributed by atoms with Gasteiger partial charge < -0.3 is 14.1 Å². The Balaban J connectivity index is 1.17. The first kappa shape index (κ1) is 32.5. The molecule has 61 heavy (non-hydrogen) atoms. The van der Waals surface area contributed by atoms with Gasteiger partial charge in [-0.2, -0.15) is 0 Å². The number of hydrogen-bond acceptors (Lipinski definition) is 3. The highest BCUT2D eigenvalue weighted by Crippen LogP contribution is 2.66. The molecule has 10 aromatic rings. The van der Waals surface area contributed by atoms with Crippen LogP contribution in [0.2, 0.25) is 0 Å². The molecule has 284 valence electrons. The maximum Gasteiger partial charge on any atom is 0.333 e. The van der Waals surface area contributed by atoms with Crippen LogP contribution in [0, 0.1) is 0 Å². The molecule has 0 bridgehead atoms. The van der Waals surface area contributed by atoms with Crippen LogP contribution < -0.4 is 20.6 Å². The van der Waals surface area contributed by atoms with Crippen molar-refractivity contribution in [3.05, 3.63) is 198 Å². The Bertz CT molecular complexity index is 3670. The lowest BCUT2D eigenvalue weighted by molar-refractivity contribution is 0.632. The Morgan fingerprint density at radius 2 is 1.20 bits per heavy atom. The number of rotatable bonds is 1. The van der Waals surface area contributed by atoms with E-state index in [9.17, 15) is 0 Å². The molecule has 0 radical (unpaired) electrons. The Morgan fingerprint density at radius 1 is 0.475 bits per heavy atom. The normalized spacial score (nSPS) is 17.5. The Hall–Kier alpha value is -7.30. The summed E-state index contributed by atoms with van der Waals surface area (Å²) in [5.41, 5.74) is 24.7. The fraction of sp³-hybridized carbons (Fsp3) is 0.0877. The van der Waals surface area contributed by atoms with Gasteiger partial charge in [-0.25, -0.2) is 0 Å². The van der Waals surface area contributed by atoms with Crippen molar-refractivity contribution in [2.24, 2.45) is 0 Å². The van der Waals surface area contributed by atoms with Crippen LogP contribution in [0.3, 0.4) is 0 Å². The third-order valence-electron chi connectivity index (χ3n) is 15.3. The minimum atomic E-state index is -0.388. The van der Waals surface area contributed by atoms with Crippen LogP contribution in [-0.4, -0.2) is 6.85 Å². The van der Waals surface area contributed by atoms with Crippen LogP contribution in [0.25, 0.3) is 66.1 Å². The quantitative estimate of drug-likeness (QED) is 0.155. The van der Waals surface area contributed by atoms with Gasteiger partial charge in [-0.15, -0.1) is 0 Å². The van der Waals surface area contributed by atoms with Crippen molar-refractivity contribution >= 4 is 78.9 Å². The predicted octanol–water partition coefficient (Wildman–Crippen LogP) is 13.4. The average molecular weight is 777 g/mol. The molecule has 4 heteroatoms. The van der Waals surface area contributed by atoms with Crippen LogP contribution in [0.5, 0.6) is 0 Å². The maximum atomic E-state index is 7.17. The predicted molar refractivity (Wildman–Crippen MR) is 254 cm³/mol. The molecule has 4 aliphatic heterocycles. The van der Waals surface area contributed by atoms with E-state index in [-0.39, 0.29) is 17.7 Å². The van der Waals surface area contributed by atoms with Crippen molar-refractivity contribution < 1.29 is 4.42 Å². The first-order valence-corrected chi connectivity index (χ1v) is 21.6. The summed E-state index contributed by atoms with van der Waals surface area (Å²) in [6.45, 7) is 7.23. The van der Waals surface area contributed by atoms with E-state index < -0.39 is 0 Å². The topological polar surface area (TPSA) is 19.6 Å². The summed E-state index contributed by atoms with van der Waals surface area (Å²) < 4.78 is 7.17. The molecule has 15 rings (SSSR count). The number of para-hydroxylation sites is 2. The highest BCUT2D eigenvalue weighted by molar-refractivity contribution is 6.94. The third kappa shape index (κ3) is 3.65. The van der Waals surface area contributed by atoms with Gasteiger partial charge in [0.05, 0.1) is 11.4 Å². The molecule has 0 fully saturated rings. The highest BCUT2D eigenvalue weighted by Gasteiger charge is 2.57. The van der Waals surface area contributed by atoms with E-state index in [1.165, 1.54) is 106 Å². The molecule has 0 amide bonds. The van der Waals surface area contributed by atoms with Gasteiger partial charge in [-0.3, -0.25) is 0 Å². The minimum Gasteiger partial charge on any atom is -0.454 e. The van der Waals surface area contributed by atoms with Crippen molar-refractivity contribution in [2.75, 3.05) is 9.71 Å². The lowest BCUT2D eigenvalue weighted by atomic mass is 9.41. The van der Waals surface area contributed by atoms with Crippen molar-refractivity contribution in [3.8, 4) is 33.4 Å². The lowest BCUT2D eigenvalue weighted by Crippen LogP contribution is -2.63. The van der Waals surface area contributed by atoms with E-state index >= 15 is 0 Å². The molecule has 0 N–H and O–H groups in total. The second-order valence-electron chi connectivity index (χ2n) is 18.5. The van der Waals surface area contributed by atoms with Crippen LogP contribution in [-0.2, 0) is 10.8 Å². The number of nitrogens with zero attached hydrogens (tertiary/aromatic N) is 2. The largest absolute Gasteiger partial charge is 0.454 e. The maximum absolute atomic E-state index is 7.17. The first-order chi connectivity index (χ1) is 29.9. The smallest absolute Gasteiger partial charge is 0.333 e. The van der Waals surface area contributed by atoms with Gasteiger partial charge in [0.1, 0.15) is 5.58 Å². The number of furan rings is 1. The Labute approximate surface area is 354 Å². The van der Waals surface area contributed by atoms with Crippen LogP contribution in [0.1, 0.15) is 48.6 Å². The molecule has 9 aromatic carbocycles. The fourth-order valence-corrected chi connectivity index (χ4v) is 12.8. The molecular weight excluding hydrogens is 739 g/mol. The summed E-state index contributed by atoms with van der Waals surface area (Å²) in [6, 6.07) is 64.1. The summed E-state index contributed by atoms with van der Waals surface area (Å²) >= 11 is 0. The Kier molecular flexibility index (Phi) is 5.71. The summed E-state index contributed by atoms with van der Waals surface area (Å²) in [5.74, 6) is 0. The van der Waals surface area contributed by atoms with Crippen LogP contribution in [0.15, 0.2) is 174 Å². The molecule has 1 aliphatic carbocycles. The van der Waals surface area contributed by atoms with Gasteiger partial charge in [0, 0.05) is 44.2 Å². The molecule has 0 saturated carbocycles. The van der Waals surface area contributed by atoms with Gasteiger partial charge in [0.15, 0.2) is 5.58 Å². The fourth-order valence-electron chi connectivity index (χ4n) is 12.8. The second-order valence-corrected chi connectivity index (χ2v) is 18.5. The summed E-state index contributed by atoms with van der Waals surface area (Å²) in [4.78, 5) is 5.38. The van der Waals surface area contributed by atoms with Crippen LogP contribution >= 0.6 is 0 Å². The molecular formula is C57H37BN2O. The number of fused-ring (bicyclic) bond motifs is 16. The molecule has 1 unspecified atom stereocenters. The van der Waals surface area contributed by atoms with Gasteiger partial charge in [0.2, 0.25) is 0 Å². The van der Waals surface area contributed by atoms with Crippen molar-refractivity contribution in [1.82, 2.24) is 0 Å². The summed E-state index contributed by atoms with van der Waals surface area (Å²) in [5, 5.41) is 4.80. The first-order valence-electron chi connectivity index (χ1n) is 21.6. The SMILES string of the molecule is CC1(C)c2cc3ccccc3cc2N2c3c(cccc31)B1c3c(cc4c(oc5ccccc54)c32)-c2ccc(-c3ccccc3)c3c2N1c1cccc2c1C3(C)c1ccccc1-2. The van der Waals surface area contributed by atoms with Gasteiger partial charge >= 0.3 is 6.85 Å². The van der Waals surface area contributed by atoms with E-state index in [1.807, 2.05) is 0 Å². The second kappa shape index (κ2) is 10.7. The zero-order valence-electron chi connectivity index (χ0n) is 34.0. The van der Waals surface area contributed by atoms with E-state index in [0.717, 1.165) is 27.6 Å². The van der Waals surface area contributed by atoms with Crippen molar-refractivity contribution in [2.45, 2.75) is 31.6 Å². The van der Waals surface area contributed by atoms with Crippen LogP contribution in [0.4, 0.5) is 28.4 Å². The third-order valence-corrected chi connectivity index (χ3v) is 15.3. The lowest BCUT2D eigenvalue weighted by Gasteiger charge is -2.53. The van der Waals surface area contributed by atoms with Crippen molar-refractivity contribution in [1.29, 1.82) is 0 Å². The zero-order valence-corrected chi connectivity index (χ0v) is 34.0. The molecule has 0 saturated heterocycles. The highest BCUT2D eigenvalue weighted by atomic mass is 16.3. The molecule has 5 heterocycles. The number of anilines is 5. The van der Waals surface area contributed by atoms with E-state index in [4.69, 9.17) is 4.42 Å². The van der Waals surface area contributed by atoms with E-state index in [0.29, 0.717) is 0 Å². The average Bonchev–Trinajstić information content (AvgIpc) is 3.81. The number of hydrogen-bond donors (Lipinski definition) is 0. The molecule has 5 aliphatic rings. The minimum absolute atomic E-state index is 0.122. The monoisotopic (exact) mass is 776 g/mol. The van der Waals surface area contributed by atoms with Crippen molar-refractivity contribution in [3.63, 3.8) is 0 Å². The molecule has 3 nitrogen and oxygen atoms in total. The molecule has 0 spiro atoms. The summed E-state index contributed by atoms with van der Waals surface area (Å²) in [7, 11) is 0. The van der Waals surface area contributed by atoms with Gasteiger partial charge in [-0.1, -0.05) is 153 Å². The molecule has 1 aromatic heterocycles. The summed E-state index contributed by atoms with van der Waals surface area (Å²) in [6.07, 6.45) is 0. The zero-order chi connectivity index (χ0) is 40.1. The van der Waals surface area contributed by atoms with Gasteiger partial charge in [0.25, 0.3) is 0 Å².